The summed E-state index contributed by atoms with van der Waals surface area (Å²) in [6, 6.07) is 51.3. The topological polar surface area (TPSA) is 4.93 Å². The molecule has 0 amide bonds. The van der Waals surface area contributed by atoms with Crippen LogP contribution in [0.25, 0.3) is 82.5 Å². The van der Waals surface area contributed by atoms with Gasteiger partial charge >= 0.3 is 0 Å². The van der Waals surface area contributed by atoms with Crippen LogP contribution < -0.4 is 0 Å². The maximum Gasteiger partial charge on any atom is 0.0491 e. The van der Waals surface area contributed by atoms with Gasteiger partial charge in [-0.1, -0.05) is 109 Å². The molecular weight excluding hydrogens is 623 g/mol. The highest BCUT2D eigenvalue weighted by atomic mass is 32.1. The van der Waals surface area contributed by atoms with E-state index in [9.17, 15) is 0 Å². The van der Waals surface area contributed by atoms with Crippen LogP contribution in [0.15, 0.2) is 152 Å². The third-order valence-electron chi connectivity index (χ3n) is 9.85. The Morgan fingerprint density at radius 1 is 0.460 bits per heavy atom. The van der Waals surface area contributed by atoms with Crippen molar-refractivity contribution in [2.24, 2.45) is 0 Å². The summed E-state index contributed by atoms with van der Waals surface area (Å²) in [4.78, 5) is 0. The molecule has 2 aromatic heterocycles. The number of rotatable bonds is 7. The van der Waals surface area contributed by atoms with Gasteiger partial charge in [0.25, 0.3) is 0 Å². The average Bonchev–Trinajstić information content (AvgIpc) is 3.66. The van der Waals surface area contributed by atoms with E-state index < -0.39 is 0 Å². The summed E-state index contributed by atoms with van der Waals surface area (Å²) in [6.45, 7) is 8.64. The van der Waals surface area contributed by atoms with Crippen molar-refractivity contribution in [3.05, 3.63) is 174 Å². The molecule has 0 aliphatic heterocycles. The number of benzene rings is 6. The zero-order chi connectivity index (χ0) is 34.2. The summed E-state index contributed by atoms with van der Waals surface area (Å²) in [5.41, 5.74) is 15.9. The van der Waals surface area contributed by atoms with E-state index in [4.69, 9.17) is 0 Å². The van der Waals surface area contributed by atoms with Crippen LogP contribution in [0.1, 0.15) is 36.4 Å². The molecule has 0 atom stereocenters. The van der Waals surface area contributed by atoms with Crippen LogP contribution in [-0.2, 0) is 0 Å². The number of hydrogen-bond donors (Lipinski definition) is 0. The minimum atomic E-state index is 1.16. The van der Waals surface area contributed by atoms with Gasteiger partial charge in [-0.05, 0) is 138 Å². The van der Waals surface area contributed by atoms with E-state index in [2.05, 4.69) is 196 Å². The number of allylic oxidation sites excluding steroid dienone is 2. The zero-order valence-electron chi connectivity index (χ0n) is 28.9. The highest BCUT2D eigenvalue weighted by Crippen LogP contribution is 2.42. The Hall–Kier alpha value is -5.70. The zero-order valence-corrected chi connectivity index (χ0v) is 29.8. The molecule has 2 heteroatoms. The van der Waals surface area contributed by atoms with Crippen molar-refractivity contribution in [2.45, 2.75) is 27.7 Å². The van der Waals surface area contributed by atoms with E-state index in [0.29, 0.717) is 0 Å². The van der Waals surface area contributed by atoms with Crippen LogP contribution >= 0.6 is 11.3 Å². The Labute approximate surface area is 299 Å². The van der Waals surface area contributed by atoms with Crippen molar-refractivity contribution >= 4 is 43.7 Å². The van der Waals surface area contributed by atoms with Crippen LogP contribution in [0.2, 0.25) is 0 Å². The quantitative estimate of drug-likeness (QED) is 0.160. The van der Waals surface area contributed by atoms with Crippen molar-refractivity contribution in [1.29, 1.82) is 0 Å². The number of nitrogens with zero attached hydrogens (tertiary/aromatic N) is 1. The van der Waals surface area contributed by atoms with Gasteiger partial charge in [-0.15, -0.1) is 11.3 Å². The van der Waals surface area contributed by atoms with E-state index in [1.807, 2.05) is 11.3 Å². The average molecular weight is 662 g/mol. The van der Waals surface area contributed by atoms with Gasteiger partial charge in [0.05, 0.1) is 0 Å². The molecule has 0 bridgehead atoms. The SMILES string of the molecule is CC=Cc1c(C)c(C)c(C=CC)n1-c1cccc(-c2cc(-c3cccc(-c4ccccc4)c3)cc(-c3cccc4c3sc3ccccc34)c2)c1. The van der Waals surface area contributed by atoms with Crippen LogP contribution in [0.5, 0.6) is 0 Å². The fraction of sp³-hybridized carbons (Fsp3) is 0.0833. The molecule has 0 aliphatic carbocycles. The van der Waals surface area contributed by atoms with E-state index in [1.165, 1.54) is 87.2 Å². The molecule has 50 heavy (non-hydrogen) atoms. The third-order valence-corrected chi connectivity index (χ3v) is 11.1. The fourth-order valence-corrected chi connectivity index (χ4v) is 8.51. The molecule has 0 spiro atoms. The Morgan fingerprint density at radius 3 is 1.68 bits per heavy atom. The largest absolute Gasteiger partial charge is 0.310 e. The van der Waals surface area contributed by atoms with E-state index in [0.717, 1.165) is 5.69 Å². The lowest BCUT2D eigenvalue weighted by Crippen LogP contribution is -2.00. The summed E-state index contributed by atoms with van der Waals surface area (Å²) < 4.78 is 5.05. The number of fused-ring (bicyclic) bond motifs is 3. The molecule has 0 radical (unpaired) electrons. The summed E-state index contributed by atoms with van der Waals surface area (Å²) in [5.74, 6) is 0. The predicted octanol–water partition coefficient (Wildman–Crippen LogP) is 14.2. The van der Waals surface area contributed by atoms with Gasteiger partial charge in [0, 0.05) is 37.2 Å². The lowest BCUT2D eigenvalue weighted by atomic mass is 9.91. The minimum absolute atomic E-state index is 1.16. The van der Waals surface area contributed by atoms with Crippen LogP contribution in [0.3, 0.4) is 0 Å². The fourth-order valence-electron chi connectivity index (χ4n) is 7.27. The molecule has 6 aromatic carbocycles. The van der Waals surface area contributed by atoms with Gasteiger partial charge in [-0.2, -0.15) is 0 Å². The molecule has 0 aliphatic rings. The standard InChI is InChI=1S/C48H39NS/c1-5-15-45-32(3)33(4)46(16-6-2)49(45)41-22-13-21-37(31-41)39-28-38(36-20-12-19-35(27-36)34-17-8-7-9-18-34)29-40(30-39)42-24-14-25-44-43-23-10-11-26-47(43)50-48(42)44/h5-31H,1-4H3. The molecule has 2 heterocycles. The normalized spacial score (nSPS) is 11.8. The second-order valence-electron chi connectivity index (χ2n) is 12.9. The van der Waals surface area contributed by atoms with Crippen molar-refractivity contribution in [3.63, 3.8) is 0 Å². The van der Waals surface area contributed by atoms with Crippen LogP contribution in [0.4, 0.5) is 0 Å². The van der Waals surface area contributed by atoms with E-state index in [-0.39, 0.29) is 0 Å². The maximum atomic E-state index is 2.40. The predicted molar refractivity (Wildman–Crippen MR) is 219 cm³/mol. The van der Waals surface area contributed by atoms with E-state index >= 15 is 0 Å². The van der Waals surface area contributed by atoms with Crippen LogP contribution in [-0.4, -0.2) is 4.57 Å². The molecule has 1 nitrogen and oxygen atoms in total. The first-order valence-electron chi connectivity index (χ1n) is 17.3. The first-order chi connectivity index (χ1) is 24.5. The first-order valence-corrected chi connectivity index (χ1v) is 18.2. The molecule has 242 valence electrons. The van der Waals surface area contributed by atoms with Gasteiger partial charge in [0.2, 0.25) is 0 Å². The van der Waals surface area contributed by atoms with Gasteiger partial charge in [-0.3, -0.25) is 0 Å². The van der Waals surface area contributed by atoms with Crippen LogP contribution in [0, 0.1) is 13.8 Å². The summed E-state index contributed by atoms with van der Waals surface area (Å²) in [7, 11) is 0. The molecule has 8 aromatic rings. The van der Waals surface area contributed by atoms with Gasteiger partial charge in [0.15, 0.2) is 0 Å². The third kappa shape index (κ3) is 5.62. The Balaban J connectivity index is 1.35. The Morgan fingerprint density at radius 2 is 0.980 bits per heavy atom. The van der Waals surface area contributed by atoms with Crippen molar-refractivity contribution in [2.75, 3.05) is 0 Å². The van der Waals surface area contributed by atoms with Gasteiger partial charge < -0.3 is 4.57 Å². The Kier molecular flexibility index (Phi) is 8.40. The molecule has 0 unspecified atom stereocenters. The summed E-state index contributed by atoms with van der Waals surface area (Å²) in [6.07, 6.45) is 8.73. The molecule has 0 fully saturated rings. The highest BCUT2D eigenvalue weighted by molar-refractivity contribution is 7.26. The molecule has 0 saturated carbocycles. The smallest absolute Gasteiger partial charge is 0.0491 e. The summed E-state index contributed by atoms with van der Waals surface area (Å²) >= 11 is 1.89. The van der Waals surface area contributed by atoms with Gasteiger partial charge in [-0.25, -0.2) is 0 Å². The minimum Gasteiger partial charge on any atom is -0.310 e. The van der Waals surface area contributed by atoms with Gasteiger partial charge in [0.1, 0.15) is 0 Å². The lowest BCUT2D eigenvalue weighted by molar-refractivity contribution is 1.04. The van der Waals surface area contributed by atoms with Crippen molar-refractivity contribution in [3.8, 4) is 50.2 Å². The maximum absolute atomic E-state index is 2.40. The number of thiophene rings is 1. The number of hydrogen-bond acceptors (Lipinski definition) is 1. The first kappa shape index (κ1) is 31.6. The molecule has 0 N–H and O–H groups in total. The molecular formula is C48H39NS. The molecule has 8 rings (SSSR count). The highest BCUT2D eigenvalue weighted by Gasteiger charge is 2.17. The lowest BCUT2D eigenvalue weighted by Gasteiger charge is -2.15. The number of aromatic nitrogens is 1. The van der Waals surface area contributed by atoms with Crippen molar-refractivity contribution < 1.29 is 0 Å². The second kappa shape index (κ2) is 13.3. The second-order valence-corrected chi connectivity index (χ2v) is 14.0. The molecule has 0 saturated heterocycles. The van der Waals surface area contributed by atoms with Crippen molar-refractivity contribution in [1.82, 2.24) is 4.57 Å². The summed E-state index contributed by atoms with van der Waals surface area (Å²) in [5, 5.41) is 2.63. The monoisotopic (exact) mass is 661 g/mol. The van der Waals surface area contributed by atoms with E-state index in [1.54, 1.807) is 0 Å². The Bertz CT molecular complexity index is 2540.